The van der Waals surface area contributed by atoms with Gasteiger partial charge in [0.1, 0.15) is 11.5 Å². The lowest BCUT2D eigenvalue weighted by Crippen LogP contribution is -2.14. The molecule has 3 rings (SSSR count). The predicted octanol–water partition coefficient (Wildman–Crippen LogP) is 5.75. The molecule has 0 spiro atoms. The van der Waals surface area contributed by atoms with Crippen LogP contribution in [0.1, 0.15) is 18.2 Å². The lowest BCUT2D eigenvalue weighted by molar-refractivity contribution is -0.141. The van der Waals surface area contributed by atoms with Crippen molar-refractivity contribution < 1.29 is 19.4 Å². The second-order valence-corrected chi connectivity index (χ2v) is 7.70. The van der Waals surface area contributed by atoms with E-state index in [0.717, 1.165) is 37.9 Å². The third-order valence-corrected chi connectivity index (χ3v) is 6.03. The average molecular weight is 397 g/mol. The number of aliphatic carboxylic acids is 1. The molecule has 146 valence electrons. The zero-order valence-electron chi connectivity index (χ0n) is 16.3. The van der Waals surface area contributed by atoms with Gasteiger partial charge in [0.2, 0.25) is 0 Å². The SMILES string of the molecule is CCC(Cc1cc(-c2ccc(OC)cc2)c(-c2ccc(OC)cc2)s1)C(=O)O. The Morgan fingerprint density at radius 1 is 0.964 bits per heavy atom. The van der Waals surface area contributed by atoms with Crippen molar-refractivity contribution in [2.75, 3.05) is 14.2 Å². The van der Waals surface area contributed by atoms with Crippen molar-refractivity contribution >= 4 is 17.3 Å². The first-order valence-corrected chi connectivity index (χ1v) is 10.0. The van der Waals surface area contributed by atoms with Gasteiger partial charge in [-0.25, -0.2) is 0 Å². The van der Waals surface area contributed by atoms with Gasteiger partial charge >= 0.3 is 5.97 Å². The lowest BCUT2D eigenvalue weighted by Gasteiger charge is -2.07. The predicted molar refractivity (Wildman–Crippen MR) is 113 cm³/mol. The van der Waals surface area contributed by atoms with E-state index in [1.807, 2.05) is 55.5 Å². The third-order valence-electron chi connectivity index (χ3n) is 4.83. The smallest absolute Gasteiger partial charge is 0.306 e. The van der Waals surface area contributed by atoms with Crippen molar-refractivity contribution in [3.63, 3.8) is 0 Å². The highest BCUT2D eigenvalue weighted by Crippen LogP contribution is 2.41. The number of carboxylic acids is 1. The Morgan fingerprint density at radius 3 is 1.96 bits per heavy atom. The summed E-state index contributed by atoms with van der Waals surface area (Å²) in [5.74, 6) is 0.504. The van der Waals surface area contributed by atoms with Gasteiger partial charge in [-0.15, -0.1) is 11.3 Å². The van der Waals surface area contributed by atoms with Crippen molar-refractivity contribution in [1.82, 2.24) is 0 Å². The van der Waals surface area contributed by atoms with Gasteiger partial charge in [0.15, 0.2) is 0 Å². The van der Waals surface area contributed by atoms with Crippen LogP contribution in [0.3, 0.4) is 0 Å². The van der Waals surface area contributed by atoms with Crippen LogP contribution in [-0.2, 0) is 11.2 Å². The molecule has 0 radical (unpaired) electrons. The maximum atomic E-state index is 11.5. The van der Waals surface area contributed by atoms with Crippen LogP contribution in [0.5, 0.6) is 11.5 Å². The number of hydrogen-bond acceptors (Lipinski definition) is 4. The molecule has 0 fully saturated rings. The molecule has 1 aromatic heterocycles. The summed E-state index contributed by atoms with van der Waals surface area (Å²) in [6.45, 7) is 1.92. The van der Waals surface area contributed by atoms with Crippen LogP contribution in [0.4, 0.5) is 0 Å². The molecule has 0 saturated carbocycles. The average Bonchev–Trinajstić information content (AvgIpc) is 3.15. The summed E-state index contributed by atoms with van der Waals surface area (Å²) in [6.07, 6.45) is 1.15. The van der Waals surface area contributed by atoms with Crippen LogP contribution in [0.15, 0.2) is 54.6 Å². The van der Waals surface area contributed by atoms with E-state index in [0.29, 0.717) is 12.8 Å². The Hall–Kier alpha value is -2.79. The van der Waals surface area contributed by atoms with Gasteiger partial charge in [-0.2, -0.15) is 0 Å². The van der Waals surface area contributed by atoms with Gasteiger partial charge in [0, 0.05) is 15.3 Å². The number of rotatable bonds is 8. The van der Waals surface area contributed by atoms with Crippen molar-refractivity contribution in [2.45, 2.75) is 19.8 Å². The minimum Gasteiger partial charge on any atom is -0.497 e. The summed E-state index contributed by atoms with van der Waals surface area (Å²) in [6, 6.07) is 18.0. The summed E-state index contributed by atoms with van der Waals surface area (Å²) in [7, 11) is 3.30. The second kappa shape index (κ2) is 8.93. The molecule has 3 aromatic rings. The Morgan fingerprint density at radius 2 is 1.50 bits per heavy atom. The Bertz CT molecular complexity index is 861. The minimum absolute atomic E-state index is 0.369. The van der Waals surface area contributed by atoms with Crippen molar-refractivity contribution in [3.05, 3.63) is 59.5 Å². The molecule has 0 aliphatic rings. The van der Waals surface area contributed by atoms with E-state index in [1.54, 1.807) is 25.6 Å². The number of hydrogen-bond donors (Lipinski definition) is 1. The molecule has 0 bridgehead atoms. The topological polar surface area (TPSA) is 55.8 Å². The number of ether oxygens (including phenoxy) is 2. The molecule has 0 aliphatic carbocycles. The first-order valence-electron chi connectivity index (χ1n) is 9.20. The van der Waals surface area contributed by atoms with Crippen LogP contribution >= 0.6 is 11.3 Å². The van der Waals surface area contributed by atoms with E-state index < -0.39 is 5.97 Å². The standard InChI is InChI=1S/C23H24O4S/c1-4-15(23(24)25)13-20-14-21(16-5-9-18(26-2)10-6-16)22(28-20)17-7-11-19(27-3)12-8-17/h5-12,14-15H,4,13H2,1-3H3,(H,24,25). The van der Waals surface area contributed by atoms with Crippen molar-refractivity contribution in [3.8, 4) is 33.1 Å². The molecule has 5 heteroatoms. The van der Waals surface area contributed by atoms with Crippen LogP contribution in [0, 0.1) is 5.92 Å². The minimum atomic E-state index is -0.743. The van der Waals surface area contributed by atoms with Crippen LogP contribution < -0.4 is 9.47 Å². The highest BCUT2D eigenvalue weighted by molar-refractivity contribution is 7.16. The maximum absolute atomic E-state index is 11.5. The van der Waals surface area contributed by atoms with E-state index in [4.69, 9.17) is 9.47 Å². The molecule has 2 aromatic carbocycles. The number of benzene rings is 2. The molecule has 1 unspecified atom stereocenters. The maximum Gasteiger partial charge on any atom is 0.306 e. The van der Waals surface area contributed by atoms with Gasteiger partial charge in [0.25, 0.3) is 0 Å². The fraction of sp³-hybridized carbons (Fsp3) is 0.261. The van der Waals surface area contributed by atoms with Crippen LogP contribution in [0.25, 0.3) is 21.6 Å². The van der Waals surface area contributed by atoms with Gasteiger partial charge in [0.05, 0.1) is 20.1 Å². The molecule has 4 nitrogen and oxygen atoms in total. The highest BCUT2D eigenvalue weighted by Gasteiger charge is 2.20. The van der Waals surface area contributed by atoms with Crippen molar-refractivity contribution in [1.29, 1.82) is 0 Å². The summed E-state index contributed by atoms with van der Waals surface area (Å²) in [5.41, 5.74) is 3.27. The fourth-order valence-electron chi connectivity index (χ4n) is 3.13. The number of methoxy groups -OCH3 is 2. The van der Waals surface area contributed by atoms with Gasteiger partial charge in [-0.3, -0.25) is 4.79 Å². The van der Waals surface area contributed by atoms with Crippen LogP contribution in [-0.4, -0.2) is 25.3 Å². The molecule has 0 saturated heterocycles. The highest BCUT2D eigenvalue weighted by atomic mass is 32.1. The number of thiophene rings is 1. The van der Waals surface area contributed by atoms with E-state index in [9.17, 15) is 9.90 Å². The molecular weight excluding hydrogens is 372 g/mol. The zero-order chi connectivity index (χ0) is 20.1. The van der Waals surface area contributed by atoms with E-state index in [1.165, 1.54) is 0 Å². The number of carboxylic acid groups (broad SMARTS) is 1. The fourth-order valence-corrected chi connectivity index (χ4v) is 4.40. The first kappa shape index (κ1) is 20.0. The number of carbonyl (C=O) groups is 1. The van der Waals surface area contributed by atoms with E-state index in [-0.39, 0.29) is 5.92 Å². The van der Waals surface area contributed by atoms with Crippen LogP contribution in [0.2, 0.25) is 0 Å². The zero-order valence-corrected chi connectivity index (χ0v) is 17.1. The largest absolute Gasteiger partial charge is 0.497 e. The quantitative estimate of drug-likeness (QED) is 0.526. The Kier molecular flexibility index (Phi) is 6.37. The van der Waals surface area contributed by atoms with E-state index >= 15 is 0 Å². The summed E-state index contributed by atoms with van der Waals surface area (Å²) in [5, 5.41) is 9.44. The van der Waals surface area contributed by atoms with E-state index in [2.05, 4.69) is 6.07 Å². The lowest BCUT2D eigenvalue weighted by atomic mass is 9.99. The molecule has 1 N–H and O–H groups in total. The van der Waals surface area contributed by atoms with Crippen molar-refractivity contribution in [2.24, 2.45) is 5.92 Å². The molecule has 1 heterocycles. The molecule has 28 heavy (non-hydrogen) atoms. The van der Waals surface area contributed by atoms with Gasteiger partial charge < -0.3 is 14.6 Å². The summed E-state index contributed by atoms with van der Waals surface area (Å²) in [4.78, 5) is 13.7. The monoisotopic (exact) mass is 396 g/mol. The van der Waals surface area contributed by atoms with Gasteiger partial charge in [-0.05, 0) is 66.4 Å². The molecule has 0 amide bonds. The second-order valence-electron chi connectivity index (χ2n) is 6.56. The Labute approximate surface area is 169 Å². The van der Waals surface area contributed by atoms with Gasteiger partial charge in [-0.1, -0.05) is 19.1 Å². The third kappa shape index (κ3) is 4.37. The summed E-state index contributed by atoms with van der Waals surface area (Å²) >= 11 is 1.66. The molecular formula is C23H24O4S. The molecule has 1 atom stereocenters. The Balaban J connectivity index is 2.04. The molecule has 0 aliphatic heterocycles. The normalized spacial score (nSPS) is 11.8. The summed E-state index contributed by atoms with van der Waals surface area (Å²) < 4.78 is 10.5. The first-order chi connectivity index (χ1) is 13.5.